The summed E-state index contributed by atoms with van der Waals surface area (Å²) in [7, 11) is -2.06. The summed E-state index contributed by atoms with van der Waals surface area (Å²) in [6.45, 7) is -0.291. The van der Waals surface area contributed by atoms with Crippen molar-refractivity contribution < 1.29 is 18.3 Å². The van der Waals surface area contributed by atoms with E-state index in [1.807, 2.05) is 0 Å². The van der Waals surface area contributed by atoms with Crippen LogP contribution in [0.1, 0.15) is 31.2 Å². The number of rotatable bonds is 4. The minimum absolute atomic E-state index is 0.0177. The molecule has 1 aliphatic rings. The first-order chi connectivity index (χ1) is 10.1. The largest absolute Gasteiger partial charge is 0.495 e. The van der Waals surface area contributed by atoms with Crippen LogP contribution in [-0.2, 0) is 10.0 Å². The minimum atomic E-state index is -3.55. The number of ether oxygens (including phenoxy) is 1. The molecule has 0 amide bonds. The van der Waals surface area contributed by atoms with Crippen molar-refractivity contribution in [3.05, 3.63) is 23.8 Å². The third kappa shape index (κ3) is 3.97. The molecular weight excluding hydrogens is 290 g/mol. The molecule has 114 valence electrons. The predicted octanol–water partition coefficient (Wildman–Crippen LogP) is 1.26. The van der Waals surface area contributed by atoms with Crippen molar-refractivity contribution >= 4 is 10.0 Å². The fraction of sp³-hybridized carbons (Fsp3) is 0.467. The Balaban J connectivity index is 2.30. The molecule has 1 saturated carbocycles. The molecule has 21 heavy (non-hydrogen) atoms. The normalized spacial score (nSPS) is 15.5. The molecule has 0 bridgehead atoms. The van der Waals surface area contributed by atoms with Gasteiger partial charge in [-0.25, -0.2) is 13.1 Å². The summed E-state index contributed by atoms with van der Waals surface area (Å²) in [5.74, 6) is 5.69. The van der Waals surface area contributed by atoms with Gasteiger partial charge in [-0.2, -0.15) is 0 Å². The fourth-order valence-electron chi connectivity index (χ4n) is 2.42. The van der Waals surface area contributed by atoms with E-state index in [0.29, 0.717) is 11.3 Å². The van der Waals surface area contributed by atoms with Gasteiger partial charge in [-0.05, 0) is 31.0 Å². The van der Waals surface area contributed by atoms with Gasteiger partial charge in [0.15, 0.2) is 0 Å². The molecule has 6 heteroatoms. The molecule has 1 aromatic carbocycles. The number of benzene rings is 1. The number of hydrogen-bond acceptors (Lipinski definition) is 4. The highest BCUT2D eigenvalue weighted by atomic mass is 32.2. The number of nitrogens with one attached hydrogen (secondary N) is 1. The van der Waals surface area contributed by atoms with Crippen molar-refractivity contribution in [2.75, 3.05) is 13.7 Å². The Bertz CT molecular complexity index is 652. The van der Waals surface area contributed by atoms with E-state index in [1.54, 1.807) is 6.07 Å². The van der Waals surface area contributed by atoms with Gasteiger partial charge in [0.05, 0.1) is 17.6 Å². The lowest BCUT2D eigenvalue weighted by Crippen LogP contribution is -2.32. The Hall–Kier alpha value is -1.55. The van der Waals surface area contributed by atoms with Crippen LogP contribution >= 0.6 is 0 Å². The van der Waals surface area contributed by atoms with Crippen LogP contribution in [0.3, 0.4) is 0 Å². The van der Waals surface area contributed by atoms with Crippen molar-refractivity contribution in [3.63, 3.8) is 0 Å². The third-order valence-electron chi connectivity index (χ3n) is 3.46. The van der Waals surface area contributed by atoms with Crippen LogP contribution in [0.4, 0.5) is 0 Å². The summed E-state index contributed by atoms with van der Waals surface area (Å²) >= 11 is 0. The van der Waals surface area contributed by atoms with E-state index in [9.17, 15) is 8.42 Å². The second-order valence-electron chi connectivity index (χ2n) is 4.92. The Labute approximate surface area is 125 Å². The topological polar surface area (TPSA) is 75.6 Å². The van der Waals surface area contributed by atoms with E-state index in [1.165, 1.54) is 19.2 Å². The first-order valence-corrected chi connectivity index (χ1v) is 8.35. The average Bonchev–Trinajstić information content (AvgIpc) is 2.96. The zero-order chi connectivity index (χ0) is 15.3. The molecule has 0 radical (unpaired) electrons. The van der Waals surface area contributed by atoms with E-state index in [2.05, 4.69) is 16.6 Å². The van der Waals surface area contributed by atoms with Gasteiger partial charge in [-0.15, -0.1) is 0 Å². The summed E-state index contributed by atoms with van der Waals surface area (Å²) in [4.78, 5) is 0.164. The summed E-state index contributed by atoms with van der Waals surface area (Å²) in [5, 5.41) is 8.77. The number of hydrogen-bond donors (Lipinski definition) is 2. The Morgan fingerprint density at radius 2 is 2.10 bits per heavy atom. The minimum Gasteiger partial charge on any atom is -0.495 e. The average molecular weight is 309 g/mol. The van der Waals surface area contributed by atoms with Gasteiger partial charge in [-0.1, -0.05) is 24.7 Å². The van der Waals surface area contributed by atoms with E-state index in [0.717, 1.165) is 25.7 Å². The smallest absolute Gasteiger partial charge is 0.240 e. The van der Waals surface area contributed by atoms with Gasteiger partial charge in [0.1, 0.15) is 12.4 Å². The highest BCUT2D eigenvalue weighted by Crippen LogP contribution is 2.24. The van der Waals surface area contributed by atoms with Crippen LogP contribution in [0.15, 0.2) is 23.1 Å². The standard InChI is InChI=1S/C15H19NO4S/c1-20-15-9-8-14(11-12(15)5-4-10-17)21(18,19)16-13-6-2-3-7-13/h8-9,11,13,16-17H,2-3,6-7,10H2,1H3. The van der Waals surface area contributed by atoms with Crippen LogP contribution in [0, 0.1) is 11.8 Å². The number of methoxy groups -OCH3 is 1. The molecule has 0 unspecified atom stereocenters. The zero-order valence-electron chi connectivity index (χ0n) is 11.9. The predicted molar refractivity (Wildman–Crippen MR) is 79.5 cm³/mol. The van der Waals surface area contributed by atoms with Crippen LogP contribution in [0.5, 0.6) is 5.75 Å². The third-order valence-corrected chi connectivity index (χ3v) is 4.98. The van der Waals surface area contributed by atoms with Gasteiger partial charge >= 0.3 is 0 Å². The molecule has 1 aromatic rings. The van der Waals surface area contributed by atoms with Gasteiger partial charge < -0.3 is 9.84 Å². The van der Waals surface area contributed by atoms with Crippen molar-refractivity contribution in [3.8, 4) is 17.6 Å². The quantitative estimate of drug-likeness (QED) is 0.821. The van der Waals surface area contributed by atoms with Crippen molar-refractivity contribution in [1.29, 1.82) is 0 Å². The molecule has 0 saturated heterocycles. The molecule has 1 aliphatic carbocycles. The first-order valence-electron chi connectivity index (χ1n) is 6.87. The maximum Gasteiger partial charge on any atom is 0.240 e. The lowest BCUT2D eigenvalue weighted by molar-refractivity contribution is 0.350. The zero-order valence-corrected chi connectivity index (χ0v) is 12.7. The van der Waals surface area contributed by atoms with E-state index in [4.69, 9.17) is 9.84 Å². The van der Waals surface area contributed by atoms with Crippen LogP contribution in [0.2, 0.25) is 0 Å². The summed E-state index contributed by atoms with van der Waals surface area (Å²) in [5.41, 5.74) is 0.445. The van der Waals surface area contributed by atoms with Crippen LogP contribution in [0.25, 0.3) is 0 Å². The summed E-state index contributed by atoms with van der Waals surface area (Å²) in [6.07, 6.45) is 3.88. The highest BCUT2D eigenvalue weighted by Gasteiger charge is 2.23. The Kier molecular flexibility index (Phi) is 5.23. The second kappa shape index (κ2) is 6.94. The van der Waals surface area contributed by atoms with Gasteiger partial charge in [0, 0.05) is 6.04 Å². The van der Waals surface area contributed by atoms with Crippen molar-refractivity contribution in [1.82, 2.24) is 4.72 Å². The van der Waals surface area contributed by atoms with E-state index >= 15 is 0 Å². The monoisotopic (exact) mass is 309 g/mol. The van der Waals surface area contributed by atoms with Crippen LogP contribution < -0.4 is 9.46 Å². The van der Waals surface area contributed by atoms with E-state index in [-0.39, 0.29) is 17.5 Å². The van der Waals surface area contributed by atoms with Crippen LogP contribution in [-0.4, -0.2) is 33.3 Å². The number of aliphatic hydroxyl groups excluding tert-OH is 1. The van der Waals surface area contributed by atoms with Crippen molar-refractivity contribution in [2.24, 2.45) is 0 Å². The van der Waals surface area contributed by atoms with Gasteiger partial charge in [-0.3, -0.25) is 0 Å². The Morgan fingerprint density at radius 3 is 2.71 bits per heavy atom. The summed E-state index contributed by atoms with van der Waals surface area (Å²) in [6, 6.07) is 4.56. The Morgan fingerprint density at radius 1 is 1.38 bits per heavy atom. The number of aliphatic hydroxyl groups is 1. The maximum atomic E-state index is 12.4. The molecule has 0 aliphatic heterocycles. The number of sulfonamides is 1. The highest BCUT2D eigenvalue weighted by molar-refractivity contribution is 7.89. The molecule has 5 nitrogen and oxygen atoms in total. The molecule has 2 N–H and O–H groups in total. The SMILES string of the molecule is COc1ccc(S(=O)(=O)NC2CCCC2)cc1C#CCO. The lowest BCUT2D eigenvalue weighted by Gasteiger charge is -2.13. The second-order valence-corrected chi connectivity index (χ2v) is 6.64. The van der Waals surface area contributed by atoms with Crippen molar-refractivity contribution in [2.45, 2.75) is 36.6 Å². The molecule has 0 spiro atoms. The van der Waals surface area contributed by atoms with Gasteiger partial charge in [0.2, 0.25) is 10.0 Å². The fourth-order valence-corrected chi connectivity index (χ4v) is 3.75. The lowest BCUT2D eigenvalue weighted by atomic mass is 10.2. The van der Waals surface area contributed by atoms with Gasteiger partial charge in [0.25, 0.3) is 0 Å². The summed E-state index contributed by atoms with van der Waals surface area (Å²) < 4.78 is 32.6. The molecule has 0 aromatic heterocycles. The molecule has 0 heterocycles. The molecule has 2 rings (SSSR count). The maximum absolute atomic E-state index is 12.4. The molecular formula is C15H19NO4S. The molecule has 1 fully saturated rings. The van der Waals surface area contributed by atoms with E-state index < -0.39 is 10.0 Å². The first kappa shape index (κ1) is 15.8. The molecule has 0 atom stereocenters.